The molecule has 1 fully saturated rings. The van der Waals surface area contributed by atoms with Gasteiger partial charge < -0.3 is 11.5 Å². The lowest BCUT2D eigenvalue weighted by molar-refractivity contribution is -0.186. The zero-order valence-corrected chi connectivity index (χ0v) is 6.64. The number of halogens is 3. The molecule has 0 saturated heterocycles. The van der Waals surface area contributed by atoms with E-state index in [-0.39, 0.29) is 18.9 Å². The van der Waals surface area contributed by atoms with Gasteiger partial charge in [-0.3, -0.25) is 0 Å². The summed E-state index contributed by atoms with van der Waals surface area (Å²) in [6.07, 6.45) is -3.37. The first-order valence-corrected chi connectivity index (χ1v) is 3.99. The van der Waals surface area contributed by atoms with E-state index in [9.17, 15) is 13.2 Å². The molecule has 72 valence electrons. The maximum absolute atomic E-state index is 12.2. The lowest BCUT2D eigenvalue weighted by Crippen LogP contribution is -2.47. The number of alkyl halides is 3. The van der Waals surface area contributed by atoms with Crippen molar-refractivity contribution in [2.24, 2.45) is 17.4 Å². The summed E-state index contributed by atoms with van der Waals surface area (Å²) in [6, 6.07) is -0.965. The second kappa shape index (κ2) is 3.22. The van der Waals surface area contributed by atoms with E-state index in [0.29, 0.717) is 6.42 Å². The van der Waals surface area contributed by atoms with Crippen molar-refractivity contribution >= 4 is 0 Å². The van der Waals surface area contributed by atoms with Crippen LogP contribution in [0.3, 0.4) is 0 Å². The van der Waals surface area contributed by atoms with Gasteiger partial charge in [0.2, 0.25) is 0 Å². The van der Waals surface area contributed by atoms with Gasteiger partial charge in [0, 0.05) is 12.1 Å². The van der Waals surface area contributed by atoms with E-state index in [0.717, 1.165) is 0 Å². The normalized spacial score (nSPS) is 38.2. The van der Waals surface area contributed by atoms with Gasteiger partial charge in [0.25, 0.3) is 0 Å². The number of hydrogen-bond acceptors (Lipinski definition) is 2. The van der Waals surface area contributed by atoms with Gasteiger partial charge in [0.15, 0.2) is 0 Å². The predicted octanol–water partition coefficient (Wildman–Crippen LogP) is 1.00. The van der Waals surface area contributed by atoms with Gasteiger partial charge in [-0.2, -0.15) is 13.2 Å². The summed E-state index contributed by atoms with van der Waals surface area (Å²) in [5.41, 5.74) is 10.8. The topological polar surface area (TPSA) is 52.0 Å². The minimum Gasteiger partial charge on any atom is -0.328 e. The minimum absolute atomic E-state index is 0.0752. The highest BCUT2D eigenvalue weighted by Crippen LogP contribution is 2.36. The molecule has 3 unspecified atom stereocenters. The lowest BCUT2D eigenvalue weighted by Gasteiger charge is -2.33. The molecule has 4 N–H and O–H groups in total. The first kappa shape index (κ1) is 9.80. The third-order valence-corrected chi connectivity index (χ3v) is 2.36. The summed E-state index contributed by atoms with van der Waals surface area (Å²) < 4.78 is 36.6. The highest BCUT2D eigenvalue weighted by molar-refractivity contribution is 4.87. The van der Waals surface area contributed by atoms with Crippen LogP contribution < -0.4 is 11.5 Å². The molecule has 0 radical (unpaired) electrons. The van der Waals surface area contributed by atoms with Crippen LogP contribution in [0.1, 0.15) is 19.3 Å². The van der Waals surface area contributed by atoms with Crippen LogP contribution in [-0.2, 0) is 0 Å². The second-order valence-corrected chi connectivity index (χ2v) is 3.39. The summed E-state index contributed by atoms with van der Waals surface area (Å²) >= 11 is 0. The predicted molar refractivity (Wildman–Crippen MR) is 39.3 cm³/mol. The third-order valence-electron chi connectivity index (χ3n) is 2.36. The van der Waals surface area contributed by atoms with Crippen molar-refractivity contribution in [1.29, 1.82) is 0 Å². The maximum Gasteiger partial charge on any atom is 0.393 e. The SMILES string of the molecule is NC1CCC(C(F)(F)F)C(N)C1. The van der Waals surface area contributed by atoms with E-state index >= 15 is 0 Å². The first-order chi connectivity index (χ1) is 5.41. The molecule has 0 bridgehead atoms. The Morgan fingerprint density at radius 2 is 1.67 bits per heavy atom. The minimum atomic E-state index is -4.15. The molecule has 0 aromatic heterocycles. The van der Waals surface area contributed by atoms with Crippen LogP contribution in [0.15, 0.2) is 0 Å². The molecule has 2 nitrogen and oxygen atoms in total. The highest BCUT2D eigenvalue weighted by atomic mass is 19.4. The smallest absolute Gasteiger partial charge is 0.328 e. The molecule has 1 aliphatic rings. The standard InChI is InChI=1S/C7H13F3N2/c8-7(9,10)5-2-1-4(11)3-6(5)12/h4-6H,1-3,11-12H2. The molecule has 0 aromatic rings. The van der Waals surface area contributed by atoms with E-state index in [1.807, 2.05) is 0 Å². The summed E-state index contributed by atoms with van der Waals surface area (Å²) in [5, 5.41) is 0. The van der Waals surface area contributed by atoms with Crippen LogP contribution in [-0.4, -0.2) is 18.3 Å². The van der Waals surface area contributed by atoms with Crippen molar-refractivity contribution in [3.05, 3.63) is 0 Å². The third kappa shape index (κ3) is 2.10. The van der Waals surface area contributed by atoms with Crippen LogP contribution in [0.4, 0.5) is 13.2 Å². The van der Waals surface area contributed by atoms with Crippen LogP contribution in [0.25, 0.3) is 0 Å². The number of nitrogens with two attached hydrogens (primary N) is 2. The van der Waals surface area contributed by atoms with Gasteiger partial charge in [-0.15, -0.1) is 0 Å². The van der Waals surface area contributed by atoms with Crippen molar-refractivity contribution in [3.8, 4) is 0 Å². The van der Waals surface area contributed by atoms with E-state index in [2.05, 4.69) is 0 Å². The molecule has 0 spiro atoms. The summed E-state index contributed by atoms with van der Waals surface area (Å²) in [7, 11) is 0. The lowest BCUT2D eigenvalue weighted by atomic mass is 9.82. The second-order valence-electron chi connectivity index (χ2n) is 3.39. The van der Waals surface area contributed by atoms with E-state index in [1.165, 1.54) is 0 Å². The van der Waals surface area contributed by atoms with Crippen LogP contribution in [0, 0.1) is 5.92 Å². The van der Waals surface area contributed by atoms with Crippen molar-refractivity contribution in [2.45, 2.75) is 37.5 Å². The van der Waals surface area contributed by atoms with Gasteiger partial charge in [-0.05, 0) is 19.3 Å². The Hall–Kier alpha value is -0.290. The monoisotopic (exact) mass is 182 g/mol. The Kier molecular flexibility index (Phi) is 2.63. The Labute approximate surface area is 69.1 Å². The Balaban J connectivity index is 2.57. The fourth-order valence-electron chi connectivity index (χ4n) is 1.65. The van der Waals surface area contributed by atoms with Gasteiger partial charge >= 0.3 is 6.18 Å². The van der Waals surface area contributed by atoms with Gasteiger partial charge in [0.1, 0.15) is 0 Å². The van der Waals surface area contributed by atoms with E-state index in [4.69, 9.17) is 11.5 Å². The van der Waals surface area contributed by atoms with Gasteiger partial charge in [-0.1, -0.05) is 0 Å². The zero-order chi connectivity index (χ0) is 9.35. The molecule has 0 aromatic carbocycles. The van der Waals surface area contributed by atoms with Crippen molar-refractivity contribution < 1.29 is 13.2 Å². The molecule has 0 amide bonds. The van der Waals surface area contributed by atoms with E-state index in [1.54, 1.807) is 0 Å². The number of rotatable bonds is 0. The largest absolute Gasteiger partial charge is 0.393 e. The van der Waals surface area contributed by atoms with E-state index < -0.39 is 18.1 Å². The molecular formula is C7H13F3N2. The average Bonchev–Trinajstić information content (AvgIpc) is 1.83. The molecule has 12 heavy (non-hydrogen) atoms. The maximum atomic E-state index is 12.2. The van der Waals surface area contributed by atoms with Crippen LogP contribution >= 0.6 is 0 Å². The Morgan fingerprint density at radius 1 is 1.08 bits per heavy atom. The molecule has 1 rings (SSSR count). The van der Waals surface area contributed by atoms with Crippen molar-refractivity contribution in [1.82, 2.24) is 0 Å². The fourth-order valence-corrected chi connectivity index (χ4v) is 1.65. The fraction of sp³-hybridized carbons (Fsp3) is 1.00. The van der Waals surface area contributed by atoms with Crippen LogP contribution in [0.5, 0.6) is 0 Å². The van der Waals surface area contributed by atoms with Crippen LogP contribution in [0.2, 0.25) is 0 Å². The summed E-state index contributed by atoms with van der Waals surface area (Å²) in [4.78, 5) is 0. The molecule has 0 heterocycles. The van der Waals surface area contributed by atoms with Crippen molar-refractivity contribution in [3.63, 3.8) is 0 Å². The molecule has 3 atom stereocenters. The van der Waals surface area contributed by atoms with Gasteiger partial charge in [0.05, 0.1) is 5.92 Å². The molecule has 1 aliphatic carbocycles. The average molecular weight is 182 g/mol. The van der Waals surface area contributed by atoms with Crippen molar-refractivity contribution in [2.75, 3.05) is 0 Å². The van der Waals surface area contributed by atoms with Gasteiger partial charge in [-0.25, -0.2) is 0 Å². The quantitative estimate of drug-likeness (QED) is 0.587. The molecule has 5 heteroatoms. The zero-order valence-electron chi connectivity index (χ0n) is 6.64. The summed E-state index contributed by atoms with van der Waals surface area (Å²) in [6.45, 7) is 0. The molecule has 1 saturated carbocycles. The summed E-state index contributed by atoms with van der Waals surface area (Å²) in [5.74, 6) is -1.35. The Bertz CT molecular complexity index is 157. The molecular weight excluding hydrogens is 169 g/mol. The first-order valence-electron chi connectivity index (χ1n) is 3.99. The Morgan fingerprint density at radius 3 is 2.08 bits per heavy atom. The molecule has 0 aliphatic heterocycles. The highest BCUT2D eigenvalue weighted by Gasteiger charge is 2.45. The number of hydrogen-bond donors (Lipinski definition) is 2.